The largest absolute Gasteiger partial charge is 0.302 e. The van der Waals surface area contributed by atoms with Crippen LogP contribution in [0.4, 0.5) is 0 Å². The first-order chi connectivity index (χ1) is 9.76. The maximum Gasteiger partial charge on any atom is 0.244 e. The van der Waals surface area contributed by atoms with Gasteiger partial charge in [0.1, 0.15) is 6.29 Å². The highest BCUT2D eigenvalue weighted by molar-refractivity contribution is 9.09. The number of nitrogens with one attached hydrogen (secondary N) is 2. The Morgan fingerprint density at radius 2 is 1.71 bits per heavy atom. The van der Waals surface area contributed by atoms with Gasteiger partial charge >= 0.3 is 0 Å². The van der Waals surface area contributed by atoms with Crippen LogP contribution < -0.4 is 10.9 Å². The standard InChI is InChI=1S/C8H15BrN2O2.C6H16N2/c1-7(2)6-11(3-4-12)10-8(13)5-9;1-6(2)5-8(4)7-3/h4,7H,3,5-6H2,1-2H3,(H,10,13);6-7H,5H2,1-4H3. The van der Waals surface area contributed by atoms with Crippen LogP contribution in [0, 0.1) is 11.8 Å². The van der Waals surface area contributed by atoms with E-state index in [0.717, 1.165) is 18.7 Å². The first-order valence-corrected chi connectivity index (χ1v) is 8.31. The highest BCUT2D eigenvalue weighted by Gasteiger charge is 2.08. The molecule has 0 aliphatic heterocycles. The number of halogens is 1. The van der Waals surface area contributed by atoms with E-state index < -0.39 is 0 Å². The minimum absolute atomic E-state index is 0.137. The zero-order valence-corrected chi connectivity index (χ0v) is 15.7. The molecule has 0 aromatic heterocycles. The minimum atomic E-state index is -0.137. The highest BCUT2D eigenvalue weighted by Crippen LogP contribution is 1.95. The van der Waals surface area contributed by atoms with Crippen molar-refractivity contribution in [2.75, 3.05) is 39.1 Å². The van der Waals surface area contributed by atoms with Crippen molar-refractivity contribution in [3.8, 4) is 0 Å². The molecule has 21 heavy (non-hydrogen) atoms. The SMILES string of the molecule is CC(C)CN(CC=O)NC(=O)CBr.CNN(C)CC(C)C. The summed E-state index contributed by atoms with van der Waals surface area (Å²) in [6.45, 7) is 10.5. The Morgan fingerprint density at radius 3 is 2.00 bits per heavy atom. The molecule has 0 saturated heterocycles. The van der Waals surface area contributed by atoms with Crippen LogP contribution in [-0.4, -0.2) is 61.3 Å². The number of nitrogens with zero attached hydrogens (tertiary/aromatic N) is 2. The molecule has 2 N–H and O–H groups in total. The predicted molar refractivity (Wildman–Crippen MR) is 90.9 cm³/mol. The number of amides is 1. The van der Waals surface area contributed by atoms with E-state index in [4.69, 9.17) is 0 Å². The summed E-state index contributed by atoms with van der Waals surface area (Å²) < 4.78 is 0. The van der Waals surface area contributed by atoms with Crippen molar-refractivity contribution < 1.29 is 9.59 Å². The van der Waals surface area contributed by atoms with E-state index in [1.807, 2.05) is 27.9 Å². The van der Waals surface area contributed by atoms with Crippen molar-refractivity contribution in [3.63, 3.8) is 0 Å². The summed E-state index contributed by atoms with van der Waals surface area (Å²) in [5.74, 6) is 1.02. The van der Waals surface area contributed by atoms with Crippen LogP contribution in [0.2, 0.25) is 0 Å². The molecule has 126 valence electrons. The number of carbonyl (C=O) groups is 2. The van der Waals surface area contributed by atoms with Gasteiger partial charge in [-0.3, -0.25) is 15.6 Å². The summed E-state index contributed by atoms with van der Waals surface area (Å²) in [6.07, 6.45) is 0.775. The molecule has 0 bridgehead atoms. The Kier molecular flexibility index (Phi) is 15.7. The highest BCUT2D eigenvalue weighted by atomic mass is 79.9. The molecule has 0 fully saturated rings. The molecule has 0 aromatic carbocycles. The van der Waals surface area contributed by atoms with Crippen LogP contribution in [0.15, 0.2) is 0 Å². The number of alkyl halides is 1. The molecule has 0 unspecified atom stereocenters. The number of rotatable bonds is 9. The molecular weight excluding hydrogens is 336 g/mol. The Bertz CT molecular complexity index is 276. The van der Waals surface area contributed by atoms with Crippen molar-refractivity contribution in [3.05, 3.63) is 0 Å². The third-order valence-electron chi connectivity index (χ3n) is 2.31. The first kappa shape index (κ1) is 22.8. The molecule has 0 heterocycles. The summed E-state index contributed by atoms with van der Waals surface area (Å²) in [4.78, 5) is 21.2. The summed E-state index contributed by atoms with van der Waals surface area (Å²) >= 11 is 3.03. The summed E-state index contributed by atoms with van der Waals surface area (Å²) in [7, 11) is 3.97. The maximum atomic E-state index is 11.0. The van der Waals surface area contributed by atoms with Gasteiger partial charge in [-0.25, -0.2) is 10.0 Å². The number of carbonyl (C=O) groups excluding carboxylic acids is 2. The average Bonchev–Trinajstić information content (AvgIpc) is 2.37. The molecule has 0 radical (unpaired) electrons. The van der Waals surface area contributed by atoms with Gasteiger partial charge in [-0.1, -0.05) is 43.6 Å². The van der Waals surface area contributed by atoms with E-state index in [1.165, 1.54) is 0 Å². The molecule has 0 atom stereocenters. The molecule has 0 aromatic rings. The third-order valence-corrected chi connectivity index (χ3v) is 2.81. The van der Waals surface area contributed by atoms with Crippen molar-refractivity contribution in [1.82, 2.24) is 20.9 Å². The fourth-order valence-corrected chi connectivity index (χ4v) is 1.67. The number of hydrogen-bond donors (Lipinski definition) is 2. The molecular formula is C14H31BrN4O2. The van der Waals surface area contributed by atoms with Crippen molar-refractivity contribution in [1.29, 1.82) is 0 Å². The van der Waals surface area contributed by atoms with Crippen LogP contribution in [0.1, 0.15) is 27.7 Å². The van der Waals surface area contributed by atoms with Gasteiger partial charge < -0.3 is 4.79 Å². The first-order valence-electron chi connectivity index (χ1n) is 7.19. The van der Waals surface area contributed by atoms with Crippen LogP contribution in [0.25, 0.3) is 0 Å². The van der Waals surface area contributed by atoms with Crippen molar-refractivity contribution >= 4 is 28.1 Å². The Balaban J connectivity index is 0. The molecule has 0 rings (SSSR count). The number of hydrazine groups is 2. The lowest BCUT2D eigenvalue weighted by Crippen LogP contribution is -2.45. The number of aldehydes is 1. The van der Waals surface area contributed by atoms with Gasteiger partial charge in [-0.15, -0.1) is 0 Å². The van der Waals surface area contributed by atoms with Crippen molar-refractivity contribution in [2.45, 2.75) is 27.7 Å². The molecule has 1 amide bonds. The molecule has 0 aliphatic rings. The topological polar surface area (TPSA) is 64.7 Å². The normalized spacial score (nSPS) is 10.8. The predicted octanol–water partition coefficient (Wildman–Crippen LogP) is 1.28. The van der Waals surface area contributed by atoms with Gasteiger partial charge in [0.25, 0.3) is 0 Å². The monoisotopic (exact) mass is 366 g/mol. The lowest BCUT2D eigenvalue weighted by atomic mass is 10.2. The fourth-order valence-electron chi connectivity index (χ4n) is 1.54. The van der Waals surface area contributed by atoms with Gasteiger partial charge in [0.2, 0.25) is 5.91 Å². The smallest absolute Gasteiger partial charge is 0.244 e. The van der Waals surface area contributed by atoms with Crippen LogP contribution in [-0.2, 0) is 9.59 Å². The lowest BCUT2D eigenvalue weighted by Gasteiger charge is -2.21. The zero-order valence-electron chi connectivity index (χ0n) is 14.1. The Hall–Kier alpha value is -0.500. The summed E-state index contributed by atoms with van der Waals surface area (Å²) in [6, 6.07) is 0. The Labute approximate surface area is 137 Å². The third kappa shape index (κ3) is 17.4. The number of hydrogen-bond acceptors (Lipinski definition) is 5. The van der Waals surface area contributed by atoms with Crippen LogP contribution in [0.3, 0.4) is 0 Å². The van der Waals surface area contributed by atoms with E-state index in [1.54, 1.807) is 5.01 Å². The molecule has 6 nitrogen and oxygen atoms in total. The second kappa shape index (κ2) is 14.4. The maximum absolute atomic E-state index is 11.0. The second-order valence-corrected chi connectivity index (χ2v) is 6.19. The van der Waals surface area contributed by atoms with Gasteiger partial charge in [0.15, 0.2) is 0 Å². The molecule has 0 saturated carbocycles. The second-order valence-electron chi connectivity index (χ2n) is 5.63. The molecule has 7 heteroatoms. The zero-order chi connectivity index (χ0) is 16.8. The van der Waals surface area contributed by atoms with E-state index in [2.05, 4.69) is 45.6 Å². The van der Waals surface area contributed by atoms with E-state index in [9.17, 15) is 9.59 Å². The lowest BCUT2D eigenvalue weighted by molar-refractivity contribution is -0.124. The fraction of sp³-hybridized carbons (Fsp3) is 0.857. The van der Waals surface area contributed by atoms with Crippen molar-refractivity contribution in [2.24, 2.45) is 11.8 Å². The summed E-state index contributed by atoms with van der Waals surface area (Å²) in [5.41, 5.74) is 5.64. The minimum Gasteiger partial charge on any atom is -0.302 e. The molecule has 0 aliphatic carbocycles. The Morgan fingerprint density at radius 1 is 1.19 bits per heavy atom. The average molecular weight is 367 g/mol. The van der Waals surface area contributed by atoms with E-state index >= 15 is 0 Å². The van der Waals surface area contributed by atoms with Crippen LogP contribution >= 0.6 is 15.9 Å². The van der Waals surface area contributed by atoms with Crippen LogP contribution in [0.5, 0.6) is 0 Å². The summed E-state index contributed by atoms with van der Waals surface area (Å²) in [5, 5.41) is 3.94. The van der Waals surface area contributed by atoms with E-state index in [0.29, 0.717) is 12.5 Å². The quantitative estimate of drug-likeness (QED) is 0.365. The van der Waals surface area contributed by atoms with Gasteiger partial charge in [0, 0.05) is 20.1 Å². The van der Waals surface area contributed by atoms with E-state index in [-0.39, 0.29) is 17.8 Å². The molecule has 0 spiro atoms. The van der Waals surface area contributed by atoms with Gasteiger partial charge in [-0.05, 0) is 18.9 Å². The van der Waals surface area contributed by atoms with Gasteiger partial charge in [0.05, 0.1) is 11.9 Å². The van der Waals surface area contributed by atoms with Gasteiger partial charge in [-0.2, -0.15) is 0 Å².